The summed E-state index contributed by atoms with van der Waals surface area (Å²) in [6.45, 7) is 6.81. The third-order valence-corrected chi connectivity index (χ3v) is 6.77. The molecule has 0 unspecified atom stereocenters. The third kappa shape index (κ3) is 3.65. The van der Waals surface area contributed by atoms with Gasteiger partial charge in [-0.05, 0) is 53.0 Å². The van der Waals surface area contributed by atoms with Gasteiger partial charge < -0.3 is 5.11 Å². The Morgan fingerprint density at radius 3 is 2.29 bits per heavy atom. The van der Waals surface area contributed by atoms with Crippen LogP contribution in [0.2, 0.25) is 0 Å². The molecule has 1 saturated heterocycles. The molecule has 0 saturated carbocycles. The molecule has 0 amide bonds. The van der Waals surface area contributed by atoms with Crippen molar-refractivity contribution in [2.75, 3.05) is 39.3 Å². The molecule has 0 radical (unpaired) electrons. The van der Waals surface area contributed by atoms with Crippen molar-refractivity contribution in [1.29, 1.82) is 0 Å². The van der Waals surface area contributed by atoms with E-state index in [1.54, 1.807) is 6.07 Å². The highest BCUT2D eigenvalue weighted by atomic mass is 79.9. The van der Waals surface area contributed by atoms with Crippen LogP contribution in [0.1, 0.15) is 11.1 Å². The summed E-state index contributed by atoms with van der Waals surface area (Å²) >= 11 is 3.37. The summed E-state index contributed by atoms with van der Waals surface area (Å²) < 4.78 is 27.7. The molecule has 1 aromatic rings. The Morgan fingerprint density at radius 1 is 1.14 bits per heavy atom. The van der Waals surface area contributed by atoms with Crippen LogP contribution in [0.3, 0.4) is 0 Å². The minimum Gasteiger partial charge on any atom is -0.395 e. The summed E-state index contributed by atoms with van der Waals surface area (Å²) in [5, 5.41) is 8.94. The van der Waals surface area contributed by atoms with Crippen LogP contribution in [-0.2, 0) is 10.0 Å². The minimum atomic E-state index is -3.47. The normalized spacial score (nSPS) is 18.1. The lowest BCUT2D eigenvalue weighted by molar-refractivity contribution is 0.151. The number of halogens is 1. The van der Waals surface area contributed by atoms with Gasteiger partial charge in [0.05, 0.1) is 11.5 Å². The summed E-state index contributed by atoms with van der Waals surface area (Å²) in [6.07, 6.45) is 0. The van der Waals surface area contributed by atoms with Crippen LogP contribution < -0.4 is 0 Å². The molecule has 1 aliphatic heterocycles. The van der Waals surface area contributed by atoms with Crippen molar-refractivity contribution in [1.82, 2.24) is 9.21 Å². The van der Waals surface area contributed by atoms with E-state index in [1.807, 2.05) is 19.9 Å². The molecule has 7 heteroatoms. The fraction of sp³-hybridized carbons (Fsp3) is 0.571. The van der Waals surface area contributed by atoms with Crippen LogP contribution in [0.5, 0.6) is 0 Å². The molecule has 1 aliphatic rings. The van der Waals surface area contributed by atoms with E-state index in [2.05, 4.69) is 20.8 Å². The van der Waals surface area contributed by atoms with Gasteiger partial charge in [-0.2, -0.15) is 4.31 Å². The van der Waals surface area contributed by atoms with Crippen LogP contribution >= 0.6 is 15.9 Å². The van der Waals surface area contributed by atoms with Crippen molar-refractivity contribution < 1.29 is 13.5 Å². The maximum atomic E-state index is 12.8. The maximum absolute atomic E-state index is 12.8. The van der Waals surface area contributed by atoms with Crippen LogP contribution in [0.4, 0.5) is 0 Å². The van der Waals surface area contributed by atoms with E-state index in [9.17, 15) is 8.42 Å². The molecule has 1 fully saturated rings. The number of sulfonamides is 1. The molecule has 1 aromatic carbocycles. The Kier molecular flexibility index (Phi) is 5.43. The highest BCUT2D eigenvalue weighted by Crippen LogP contribution is 2.28. The first-order chi connectivity index (χ1) is 9.86. The number of hydrogen-bond donors (Lipinski definition) is 1. The number of β-amino-alcohol motifs (C(OH)–C–C–N with tert-alkyl or cyclic N) is 1. The average molecular weight is 377 g/mol. The Labute approximate surface area is 134 Å². The summed E-state index contributed by atoms with van der Waals surface area (Å²) in [4.78, 5) is 2.41. The van der Waals surface area contributed by atoms with Crippen molar-refractivity contribution in [2.45, 2.75) is 18.7 Å². The van der Waals surface area contributed by atoms with Gasteiger partial charge in [0.15, 0.2) is 0 Å². The van der Waals surface area contributed by atoms with Gasteiger partial charge in [-0.15, -0.1) is 0 Å². The van der Waals surface area contributed by atoms with Crippen LogP contribution in [-0.4, -0.2) is 62.1 Å². The molecule has 118 valence electrons. The zero-order valence-electron chi connectivity index (χ0n) is 12.3. The molecule has 21 heavy (non-hydrogen) atoms. The summed E-state index contributed by atoms with van der Waals surface area (Å²) in [7, 11) is -3.47. The van der Waals surface area contributed by atoms with Gasteiger partial charge in [-0.3, -0.25) is 4.90 Å². The first-order valence-electron chi connectivity index (χ1n) is 6.96. The highest BCUT2D eigenvalue weighted by molar-refractivity contribution is 9.10. The molecule has 5 nitrogen and oxygen atoms in total. The zero-order valence-corrected chi connectivity index (χ0v) is 14.7. The minimum absolute atomic E-state index is 0.107. The Hall–Kier alpha value is -0.470. The summed E-state index contributed by atoms with van der Waals surface area (Å²) in [5.74, 6) is 0. The molecular formula is C14H21BrN2O3S. The van der Waals surface area contributed by atoms with Gasteiger partial charge in [0.25, 0.3) is 0 Å². The summed E-state index contributed by atoms with van der Waals surface area (Å²) in [5.41, 5.74) is 2.03. The highest BCUT2D eigenvalue weighted by Gasteiger charge is 2.30. The number of aliphatic hydroxyl groups excluding tert-OH is 1. The number of aryl methyl sites for hydroxylation is 2. The van der Waals surface area contributed by atoms with Gasteiger partial charge in [0.2, 0.25) is 10.0 Å². The predicted octanol–water partition coefficient (Wildman–Crippen LogP) is 1.36. The van der Waals surface area contributed by atoms with E-state index in [4.69, 9.17) is 5.11 Å². The molecule has 2 rings (SSSR count). The summed E-state index contributed by atoms with van der Waals surface area (Å²) in [6, 6.07) is 3.58. The third-order valence-electron chi connectivity index (χ3n) is 3.91. The van der Waals surface area contributed by atoms with Crippen molar-refractivity contribution >= 4 is 26.0 Å². The fourth-order valence-corrected chi connectivity index (χ4v) is 5.05. The van der Waals surface area contributed by atoms with E-state index in [1.165, 1.54) is 4.31 Å². The molecule has 0 spiro atoms. The van der Waals surface area contributed by atoms with Gasteiger partial charge in [-0.25, -0.2) is 8.42 Å². The lowest BCUT2D eigenvalue weighted by Crippen LogP contribution is -2.49. The van der Waals surface area contributed by atoms with E-state index in [-0.39, 0.29) is 6.61 Å². The lowest BCUT2D eigenvalue weighted by atomic mass is 10.1. The second-order valence-electron chi connectivity index (χ2n) is 5.34. The molecule has 0 aromatic heterocycles. The number of benzene rings is 1. The predicted molar refractivity (Wildman–Crippen MR) is 85.9 cm³/mol. The maximum Gasteiger partial charge on any atom is 0.244 e. The molecule has 1 N–H and O–H groups in total. The standard InChI is InChI=1S/C14H21BrN2O3S/c1-11-9-13(15)14(10-12(11)2)21(19,20)17-5-3-16(4-6-17)7-8-18/h9-10,18H,3-8H2,1-2H3. The van der Waals surface area contributed by atoms with Gasteiger partial charge in [-0.1, -0.05) is 0 Å². The molecule has 0 bridgehead atoms. The van der Waals surface area contributed by atoms with Crippen molar-refractivity contribution in [3.8, 4) is 0 Å². The second-order valence-corrected chi connectivity index (χ2v) is 8.10. The lowest BCUT2D eigenvalue weighted by Gasteiger charge is -2.33. The molecule has 1 heterocycles. The van der Waals surface area contributed by atoms with E-state index in [0.29, 0.717) is 42.1 Å². The Morgan fingerprint density at radius 2 is 1.71 bits per heavy atom. The van der Waals surface area contributed by atoms with Crippen LogP contribution in [0.15, 0.2) is 21.5 Å². The van der Waals surface area contributed by atoms with E-state index >= 15 is 0 Å². The van der Waals surface area contributed by atoms with E-state index in [0.717, 1.165) is 11.1 Å². The number of aliphatic hydroxyl groups is 1. The Bertz CT molecular complexity index is 611. The monoisotopic (exact) mass is 376 g/mol. The van der Waals surface area contributed by atoms with Crippen LogP contribution in [0, 0.1) is 13.8 Å². The topological polar surface area (TPSA) is 60.9 Å². The van der Waals surface area contributed by atoms with E-state index < -0.39 is 10.0 Å². The van der Waals surface area contributed by atoms with Crippen molar-refractivity contribution in [3.05, 3.63) is 27.7 Å². The van der Waals surface area contributed by atoms with Crippen LogP contribution in [0.25, 0.3) is 0 Å². The number of nitrogens with zero attached hydrogens (tertiary/aromatic N) is 2. The number of piperazine rings is 1. The second kappa shape index (κ2) is 6.75. The zero-order chi connectivity index (χ0) is 15.6. The Balaban J connectivity index is 2.22. The van der Waals surface area contributed by atoms with Crippen molar-refractivity contribution in [2.24, 2.45) is 0 Å². The molecule has 0 aliphatic carbocycles. The van der Waals surface area contributed by atoms with Gasteiger partial charge in [0.1, 0.15) is 0 Å². The fourth-order valence-electron chi connectivity index (χ4n) is 2.43. The molecular weight excluding hydrogens is 356 g/mol. The quantitative estimate of drug-likeness (QED) is 0.861. The smallest absolute Gasteiger partial charge is 0.244 e. The number of rotatable bonds is 4. The van der Waals surface area contributed by atoms with Gasteiger partial charge >= 0.3 is 0 Å². The average Bonchev–Trinajstić information content (AvgIpc) is 2.43. The SMILES string of the molecule is Cc1cc(Br)c(S(=O)(=O)N2CCN(CCO)CC2)cc1C. The first kappa shape index (κ1) is 16.9. The van der Waals surface area contributed by atoms with Gasteiger partial charge in [0, 0.05) is 37.2 Å². The largest absolute Gasteiger partial charge is 0.395 e. The molecule has 0 atom stereocenters. The van der Waals surface area contributed by atoms with Crippen molar-refractivity contribution in [3.63, 3.8) is 0 Å². The number of hydrogen-bond acceptors (Lipinski definition) is 4. The first-order valence-corrected chi connectivity index (χ1v) is 9.19.